The Kier molecular flexibility index (Phi) is 4.51. The number of nitrogens with zero attached hydrogens (tertiary/aromatic N) is 1. The highest BCUT2D eigenvalue weighted by molar-refractivity contribution is 7.96. The Labute approximate surface area is 55.1 Å². The number of carbonyl (C=O) groups is 1. The van der Waals surface area contributed by atoms with Crippen LogP contribution in [0.2, 0.25) is 0 Å². The van der Waals surface area contributed by atoms with Crippen molar-refractivity contribution in [3.8, 4) is 0 Å². The maximum Gasteiger partial charge on any atom is 0.340 e. The number of isocyanates is 1. The van der Waals surface area contributed by atoms with Crippen molar-refractivity contribution in [1.29, 1.82) is 0 Å². The van der Waals surface area contributed by atoms with Crippen molar-refractivity contribution in [2.45, 2.75) is 0 Å². The highest BCUT2D eigenvalue weighted by atomic mass is 32.2. The van der Waals surface area contributed by atoms with E-state index in [-0.39, 0.29) is 0 Å². The highest BCUT2D eigenvalue weighted by Gasteiger charge is 1.91. The summed E-state index contributed by atoms with van der Waals surface area (Å²) in [5, 5.41) is 0. The predicted octanol–water partition coefficient (Wildman–Crippen LogP) is -0.942. The van der Waals surface area contributed by atoms with E-state index in [1.54, 1.807) is 5.43 Å². The first-order valence-corrected chi connectivity index (χ1v) is 2.58. The number of nitrogens with two attached hydrogens (primary N) is 1. The van der Waals surface area contributed by atoms with Crippen molar-refractivity contribution in [3.05, 3.63) is 0 Å². The average Bonchev–Trinajstić information content (AvgIpc) is 1.89. The minimum absolute atomic E-state index is 0.545. The molecule has 50 valence electrons. The molecule has 0 aromatic rings. The fraction of sp³-hybridized carbons (Fsp3) is 0. The lowest BCUT2D eigenvalue weighted by atomic mass is 11.2. The Morgan fingerprint density at radius 1 is 1.78 bits per heavy atom. The third kappa shape index (κ3) is 4.82. The Morgan fingerprint density at radius 3 is 2.89 bits per heavy atom. The maximum atomic E-state index is 10.1. The molecule has 0 bridgehead atoms. The molecular weight excluding hydrogens is 144 g/mol. The van der Waals surface area contributed by atoms with Crippen LogP contribution < -0.4 is 16.0 Å². The molecule has 2 amide bonds. The maximum absolute atomic E-state index is 10.1. The summed E-state index contributed by atoms with van der Waals surface area (Å²) in [4.78, 5) is 19.5. The van der Waals surface area contributed by atoms with Gasteiger partial charge in [0.15, 0.2) is 0 Å². The summed E-state index contributed by atoms with van der Waals surface area (Å²) in [7, 11) is 0. The van der Waals surface area contributed by atoms with Crippen LogP contribution in [0.25, 0.3) is 0 Å². The number of hydrogen-bond acceptors (Lipinski definition) is 5. The van der Waals surface area contributed by atoms with Crippen LogP contribution in [0.1, 0.15) is 0 Å². The lowest BCUT2D eigenvalue weighted by molar-refractivity contribution is 0.247. The quantitative estimate of drug-likeness (QED) is 0.117. The van der Waals surface area contributed by atoms with Crippen LogP contribution >= 0.6 is 12.1 Å². The molecule has 0 fully saturated rings. The number of nitrogens with one attached hydrogen (secondary N) is 2. The van der Waals surface area contributed by atoms with Crippen LogP contribution in [0.5, 0.6) is 0 Å². The molecule has 0 atom stereocenters. The predicted molar refractivity (Wildman–Crippen MR) is 31.6 cm³/mol. The number of hydrogen-bond donors (Lipinski definition) is 3. The molecular formula is C2H4N4O2S. The molecule has 0 rings (SSSR count). The summed E-state index contributed by atoms with van der Waals surface area (Å²) < 4.78 is 4.99. The zero-order valence-electron chi connectivity index (χ0n) is 4.25. The van der Waals surface area contributed by atoms with Crippen LogP contribution in [0.3, 0.4) is 0 Å². The summed E-state index contributed by atoms with van der Waals surface area (Å²) in [6.07, 6.45) is 1.20. The van der Waals surface area contributed by atoms with E-state index in [0.717, 1.165) is 0 Å². The molecule has 0 unspecified atom stereocenters. The number of hydrazine groups is 1. The first-order chi connectivity index (χ1) is 4.31. The van der Waals surface area contributed by atoms with E-state index in [1.165, 1.54) is 6.08 Å². The van der Waals surface area contributed by atoms with Crippen molar-refractivity contribution in [3.63, 3.8) is 0 Å². The Balaban J connectivity index is 3.27. The largest absolute Gasteiger partial charge is 0.340 e. The second-order valence-electron chi connectivity index (χ2n) is 0.849. The van der Waals surface area contributed by atoms with Crippen molar-refractivity contribution < 1.29 is 9.59 Å². The molecule has 0 aliphatic rings. The Morgan fingerprint density at radius 2 is 2.44 bits per heavy atom. The molecule has 7 heteroatoms. The van der Waals surface area contributed by atoms with E-state index in [0.29, 0.717) is 12.1 Å². The molecule has 0 aliphatic heterocycles. The summed E-state index contributed by atoms with van der Waals surface area (Å²) in [6.45, 7) is 0. The minimum Gasteiger partial charge on any atom is -0.275 e. The lowest BCUT2D eigenvalue weighted by Gasteiger charge is -1.93. The van der Waals surface area contributed by atoms with E-state index in [4.69, 9.17) is 0 Å². The van der Waals surface area contributed by atoms with Crippen LogP contribution in [0, 0.1) is 0 Å². The minimum atomic E-state index is -0.626. The van der Waals surface area contributed by atoms with E-state index >= 15 is 0 Å². The molecule has 0 saturated heterocycles. The number of urea groups is 1. The molecule has 0 aromatic carbocycles. The van der Waals surface area contributed by atoms with Crippen molar-refractivity contribution in [2.24, 2.45) is 10.2 Å². The standard InChI is InChI=1S/C2H4N4O2S/c3-5-2(8)6-9-4-1-7/h3H2,(H2,5,6,8). The third-order valence-electron chi connectivity index (χ3n) is 0.352. The van der Waals surface area contributed by atoms with Gasteiger partial charge in [-0.2, -0.15) is 0 Å². The van der Waals surface area contributed by atoms with Crippen LogP contribution in [-0.4, -0.2) is 12.1 Å². The lowest BCUT2D eigenvalue weighted by Crippen LogP contribution is -2.36. The van der Waals surface area contributed by atoms with E-state index in [1.807, 2.05) is 4.72 Å². The van der Waals surface area contributed by atoms with Gasteiger partial charge in [0.2, 0.25) is 6.08 Å². The molecule has 0 heterocycles. The monoisotopic (exact) mass is 148 g/mol. The van der Waals surface area contributed by atoms with Gasteiger partial charge in [-0.05, 0) is 0 Å². The zero-order chi connectivity index (χ0) is 7.11. The fourth-order valence-corrected chi connectivity index (χ4v) is 0.337. The molecule has 0 saturated carbocycles. The molecule has 9 heavy (non-hydrogen) atoms. The first kappa shape index (κ1) is 7.96. The van der Waals surface area contributed by atoms with Gasteiger partial charge in [0.1, 0.15) is 12.1 Å². The number of carbonyl (C=O) groups excluding carboxylic acids is 2. The van der Waals surface area contributed by atoms with Gasteiger partial charge in [-0.15, -0.1) is 4.40 Å². The molecule has 0 spiro atoms. The second kappa shape index (κ2) is 5.10. The third-order valence-corrected chi connectivity index (χ3v) is 0.795. The van der Waals surface area contributed by atoms with Gasteiger partial charge in [-0.25, -0.2) is 15.4 Å². The Bertz CT molecular complexity index is 142. The van der Waals surface area contributed by atoms with Gasteiger partial charge in [-0.1, -0.05) is 0 Å². The number of rotatable bonds is 2. The van der Waals surface area contributed by atoms with Gasteiger partial charge in [0.25, 0.3) is 0 Å². The highest BCUT2D eigenvalue weighted by Crippen LogP contribution is 1.89. The van der Waals surface area contributed by atoms with Crippen LogP contribution in [-0.2, 0) is 4.79 Å². The topological polar surface area (TPSA) is 96.6 Å². The van der Waals surface area contributed by atoms with Gasteiger partial charge in [0.05, 0.1) is 0 Å². The number of amides is 2. The van der Waals surface area contributed by atoms with Gasteiger partial charge >= 0.3 is 6.03 Å². The van der Waals surface area contributed by atoms with Crippen LogP contribution in [0.4, 0.5) is 4.79 Å². The van der Waals surface area contributed by atoms with Crippen molar-refractivity contribution in [1.82, 2.24) is 10.1 Å². The van der Waals surface area contributed by atoms with Gasteiger partial charge < -0.3 is 0 Å². The van der Waals surface area contributed by atoms with E-state index in [9.17, 15) is 9.59 Å². The molecule has 0 aliphatic carbocycles. The second-order valence-corrected chi connectivity index (χ2v) is 1.42. The molecule has 4 N–H and O–H groups in total. The van der Waals surface area contributed by atoms with Crippen molar-refractivity contribution in [2.75, 3.05) is 0 Å². The van der Waals surface area contributed by atoms with E-state index in [2.05, 4.69) is 10.2 Å². The molecule has 0 radical (unpaired) electrons. The van der Waals surface area contributed by atoms with Crippen LogP contribution in [0.15, 0.2) is 4.40 Å². The zero-order valence-corrected chi connectivity index (χ0v) is 5.07. The van der Waals surface area contributed by atoms with E-state index < -0.39 is 6.03 Å². The SMILES string of the molecule is NNC(=O)NSN=C=O. The average molecular weight is 148 g/mol. The summed E-state index contributed by atoms with van der Waals surface area (Å²) >= 11 is 0.545. The summed E-state index contributed by atoms with van der Waals surface area (Å²) in [5.41, 5.74) is 1.76. The fourth-order valence-electron chi connectivity index (χ4n) is 0.112. The molecule has 6 nitrogen and oxygen atoms in total. The van der Waals surface area contributed by atoms with Crippen molar-refractivity contribution >= 4 is 24.2 Å². The normalized spacial score (nSPS) is 7.22. The van der Waals surface area contributed by atoms with Gasteiger partial charge in [0, 0.05) is 0 Å². The molecule has 0 aromatic heterocycles. The summed E-state index contributed by atoms with van der Waals surface area (Å²) in [5.74, 6) is 4.64. The Hall–Kier alpha value is -1.04. The summed E-state index contributed by atoms with van der Waals surface area (Å²) in [6, 6.07) is -0.626. The smallest absolute Gasteiger partial charge is 0.275 e. The first-order valence-electron chi connectivity index (χ1n) is 1.81. The van der Waals surface area contributed by atoms with Gasteiger partial charge in [-0.3, -0.25) is 10.1 Å².